The number of anilines is 1. The standard InChI is InChI=1S/C15H19N3O2S/c1-4-18(5-2)11-7-6-10(13(9-11)20-3)8-12-14(19)17-15(21)16-12/h6-9H,4-5H2,1-3H3,(H2,16,17,19,21)/b12-8-. The van der Waals surface area contributed by atoms with Crippen LogP contribution in [-0.4, -0.2) is 31.2 Å². The maximum Gasteiger partial charge on any atom is 0.273 e. The molecule has 0 saturated carbocycles. The molecule has 1 aliphatic heterocycles. The number of nitrogens with zero attached hydrogens (tertiary/aromatic N) is 1. The van der Waals surface area contributed by atoms with Crippen molar-refractivity contribution in [2.24, 2.45) is 0 Å². The summed E-state index contributed by atoms with van der Waals surface area (Å²) in [7, 11) is 1.62. The van der Waals surface area contributed by atoms with Crippen molar-refractivity contribution in [2.45, 2.75) is 13.8 Å². The Morgan fingerprint density at radius 1 is 1.29 bits per heavy atom. The van der Waals surface area contributed by atoms with Crippen molar-refractivity contribution in [1.29, 1.82) is 0 Å². The van der Waals surface area contributed by atoms with Crippen molar-refractivity contribution in [3.05, 3.63) is 29.5 Å². The summed E-state index contributed by atoms with van der Waals surface area (Å²) in [4.78, 5) is 13.9. The summed E-state index contributed by atoms with van der Waals surface area (Å²) in [6.45, 7) is 6.08. The topological polar surface area (TPSA) is 53.6 Å². The van der Waals surface area contributed by atoms with Crippen molar-refractivity contribution < 1.29 is 9.53 Å². The summed E-state index contributed by atoms with van der Waals surface area (Å²) in [5.74, 6) is 0.495. The molecule has 21 heavy (non-hydrogen) atoms. The third-order valence-corrected chi connectivity index (χ3v) is 3.57. The van der Waals surface area contributed by atoms with Crippen LogP contribution in [0.25, 0.3) is 6.08 Å². The maximum atomic E-state index is 11.7. The number of rotatable bonds is 5. The first-order chi connectivity index (χ1) is 10.1. The Hall–Kier alpha value is -2.08. The van der Waals surface area contributed by atoms with Crippen LogP contribution in [0.3, 0.4) is 0 Å². The third kappa shape index (κ3) is 3.33. The summed E-state index contributed by atoms with van der Waals surface area (Å²) < 4.78 is 5.43. The molecule has 0 unspecified atom stereocenters. The van der Waals surface area contributed by atoms with E-state index in [1.165, 1.54) is 0 Å². The molecule has 2 N–H and O–H groups in total. The van der Waals surface area contributed by atoms with Crippen LogP contribution >= 0.6 is 12.2 Å². The van der Waals surface area contributed by atoms with Gasteiger partial charge >= 0.3 is 0 Å². The van der Waals surface area contributed by atoms with Crippen LogP contribution in [0.1, 0.15) is 19.4 Å². The van der Waals surface area contributed by atoms with Gasteiger partial charge in [0.05, 0.1) is 7.11 Å². The Morgan fingerprint density at radius 3 is 2.52 bits per heavy atom. The number of carbonyl (C=O) groups excluding carboxylic acids is 1. The van der Waals surface area contributed by atoms with Gasteiger partial charge in [0.2, 0.25) is 0 Å². The van der Waals surface area contributed by atoms with Gasteiger partial charge in [0.1, 0.15) is 11.4 Å². The molecule has 0 radical (unpaired) electrons. The number of ether oxygens (including phenoxy) is 1. The van der Waals surface area contributed by atoms with Crippen molar-refractivity contribution in [2.75, 3.05) is 25.1 Å². The SMILES string of the molecule is CCN(CC)c1ccc(/C=C2\NC(=S)NC2=O)c(OC)c1. The number of amides is 1. The highest BCUT2D eigenvalue weighted by Crippen LogP contribution is 2.27. The van der Waals surface area contributed by atoms with E-state index in [9.17, 15) is 4.79 Å². The molecule has 112 valence electrons. The summed E-state index contributed by atoms with van der Waals surface area (Å²) in [5.41, 5.74) is 2.35. The number of methoxy groups -OCH3 is 1. The minimum absolute atomic E-state index is 0.227. The summed E-state index contributed by atoms with van der Waals surface area (Å²) in [6, 6.07) is 5.94. The highest BCUT2D eigenvalue weighted by molar-refractivity contribution is 7.80. The van der Waals surface area contributed by atoms with Gasteiger partial charge < -0.3 is 15.0 Å². The molecule has 1 saturated heterocycles. The molecular weight excluding hydrogens is 286 g/mol. The van der Waals surface area contributed by atoms with E-state index in [0.717, 1.165) is 30.1 Å². The number of hydrogen-bond donors (Lipinski definition) is 2. The third-order valence-electron chi connectivity index (χ3n) is 3.37. The lowest BCUT2D eigenvalue weighted by Gasteiger charge is -2.22. The lowest BCUT2D eigenvalue weighted by Crippen LogP contribution is -2.21. The Morgan fingerprint density at radius 2 is 2.00 bits per heavy atom. The molecular formula is C15H19N3O2S. The summed E-state index contributed by atoms with van der Waals surface area (Å²) >= 11 is 4.92. The minimum Gasteiger partial charge on any atom is -0.496 e. The molecule has 0 aromatic heterocycles. The molecule has 1 fully saturated rings. The minimum atomic E-state index is -0.227. The van der Waals surface area contributed by atoms with Crippen LogP contribution in [0.5, 0.6) is 5.75 Å². The average molecular weight is 305 g/mol. The number of benzene rings is 1. The zero-order valence-corrected chi connectivity index (χ0v) is 13.2. The zero-order chi connectivity index (χ0) is 15.4. The second-order valence-electron chi connectivity index (χ2n) is 4.56. The van der Waals surface area contributed by atoms with Crippen LogP contribution < -0.4 is 20.3 Å². The van der Waals surface area contributed by atoms with E-state index in [1.807, 2.05) is 18.2 Å². The van der Waals surface area contributed by atoms with E-state index in [0.29, 0.717) is 10.8 Å². The molecule has 1 amide bonds. The second-order valence-corrected chi connectivity index (χ2v) is 4.97. The van der Waals surface area contributed by atoms with Crippen molar-refractivity contribution in [3.63, 3.8) is 0 Å². The normalized spacial score (nSPS) is 15.9. The van der Waals surface area contributed by atoms with E-state index in [1.54, 1.807) is 13.2 Å². The Labute approximate surface area is 130 Å². The van der Waals surface area contributed by atoms with Gasteiger partial charge in [0.25, 0.3) is 5.91 Å². The monoisotopic (exact) mass is 305 g/mol. The lowest BCUT2D eigenvalue weighted by atomic mass is 10.1. The molecule has 6 heteroatoms. The van der Waals surface area contributed by atoms with Gasteiger partial charge in [0, 0.05) is 30.4 Å². The summed E-state index contributed by atoms with van der Waals surface area (Å²) in [5, 5.41) is 5.69. The van der Waals surface area contributed by atoms with Crippen LogP contribution in [0.15, 0.2) is 23.9 Å². The van der Waals surface area contributed by atoms with Gasteiger partial charge in [-0.1, -0.05) is 0 Å². The first-order valence-corrected chi connectivity index (χ1v) is 7.26. The van der Waals surface area contributed by atoms with Gasteiger partial charge in [-0.05, 0) is 44.3 Å². The number of nitrogens with one attached hydrogen (secondary N) is 2. The predicted molar refractivity (Wildman–Crippen MR) is 88.4 cm³/mol. The van der Waals surface area contributed by atoms with Crippen LogP contribution in [-0.2, 0) is 4.79 Å². The molecule has 0 spiro atoms. The number of carbonyl (C=O) groups is 1. The first kappa shape index (κ1) is 15.3. The molecule has 0 atom stereocenters. The fourth-order valence-electron chi connectivity index (χ4n) is 2.24. The van der Waals surface area contributed by atoms with Gasteiger partial charge in [-0.15, -0.1) is 0 Å². The highest BCUT2D eigenvalue weighted by Gasteiger charge is 2.20. The van der Waals surface area contributed by atoms with E-state index in [4.69, 9.17) is 17.0 Å². The van der Waals surface area contributed by atoms with Gasteiger partial charge in [-0.3, -0.25) is 10.1 Å². The smallest absolute Gasteiger partial charge is 0.273 e. The molecule has 1 aliphatic rings. The molecule has 0 aliphatic carbocycles. The van der Waals surface area contributed by atoms with E-state index >= 15 is 0 Å². The van der Waals surface area contributed by atoms with Gasteiger partial charge in [-0.2, -0.15) is 0 Å². The molecule has 2 rings (SSSR count). The molecule has 0 bridgehead atoms. The highest BCUT2D eigenvalue weighted by atomic mass is 32.1. The molecule has 1 heterocycles. The number of hydrogen-bond acceptors (Lipinski definition) is 4. The largest absolute Gasteiger partial charge is 0.496 e. The van der Waals surface area contributed by atoms with Crippen LogP contribution in [0.2, 0.25) is 0 Å². The fraction of sp³-hybridized carbons (Fsp3) is 0.333. The molecule has 5 nitrogen and oxygen atoms in total. The van der Waals surface area contributed by atoms with Crippen LogP contribution in [0, 0.1) is 0 Å². The molecule has 1 aromatic carbocycles. The zero-order valence-electron chi connectivity index (χ0n) is 12.4. The van der Waals surface area contributed by atoms with Crippen molar-refractivity contribution in [3.8, 4) is 5.75 Å². The average Bonchev–Trinajstić information content (AvgIpc) is 2.79. The first-order valence-electron chi connectivity index (χ1n) is 6.86. The van der Waals surface area contributed by atoms with E-state index < -0.39 is 0 Å². The predicted octanol–water partition coefficient (Wildman–Crippen LogP) is 1.89. The Kier molecular flexibility index (Phi) is 4.80. The van der Waals surface area contributed by atoms with Gasteiger partial charge in [0.15, 0.2) is 5.11 Å². The quantitative estimate of drug-likeness (QED) is 0.643. The van der Waals surface area contributed by atoms with E-state index in [2.05, 4.69) is 29.4 Å². The fourth-order valence-corrected chi connectivity index (χ4v) is 2.45. The van der Waals surface area contributed by atoms with Crippen molar-refractivity contribution in [1.82, 2.24) is 10.6 Å². The lowest BCUT2D eigenvalue weighted by molar-refractivity contribution is -0.115. The summed E-state index contributed by atoms with van der Waals surface area (Å²) in [6.07, 6.45) is 1.74. The van der Waals surface area contributed by atoms with Gasteiger partial charge in [-0.25, -0.2) is 0 Å². The number of thiocarbonyl (C=S) groups is 1. The van der Waals surface area contributed by atoms with Crippen molar-refractivity contribution >= 4 is 35.0 Å². The second kappa shape index (κ2) is 6.58. The Balaban J connectivity index is 2.35. The Bertz CT molecular complexity index is 595. The van der Waals surface area contributed by atoms with E-state index in [-0.39, 0.29) is 5.91 Å². The maximum absolute atomic E-state index is 11.7. The van der Waals surface area contributed by atoms with Crippen LogP contribution in [0.4, 0.5) is 5.69 Å². The molecule has 1 aromatic rings.